The van der Waals surface area contributed by atoms with Crippen molar-refractivity contribution in [3.05, 3.63) is 98.0 Å². The Bertz CT molecular complexity index is 1880. The van der Waals surface area contributed by atoms with Crippen LogP contribution in [-0.4, -0.2) is 54.2 Å². The van der Waals surface area contributed by atoms with Crippen molar-refractivity contribution in [1.29, 1.82) is 0 Å². The third kappa shape index (κ3) is 5.90. The monoisotopic (exact) mass is 659 g/mol. The maximum atomic E-state index is 14.1. The zero-order chi connectivity index (χ0) is 32.5. The van der Waals surface area contributed by atoms with Crippen molar-refractivity contribution in [2.75, 3.05) is 30.5 Å². The molecule has 0 saturated carbocycles. The number of methoxy groups -OCH3 is 1. The van der Waals surface area contributed by atoms with Crippen LogP contribution in [0.1, 0.15) is 39.2 Å². The number of esters is 1. The van der Waals surface area contributed by atoms with Crippen LogP contribution in [0.25, 0.3) is 0 Å². The number of thiazole rings is 1. The number of carbonyl (C=O) groups is 4. The van der Waals surface area contributed by atoms with E-state index in [1.165, 1.54) is 31.0 Å². The van der Waals surface area contributed by atoms with E-state index in [2.05, 4.69) is 10.3 Å². The highest BCUT2D eigenvalue weighted by molar-refractivity contribution is 8.00. The molecule has 0 aliphatic carbocycles. The van der Waals surface area contributed by atoms with Gasteiger partial charge in [-0.3, -0.25) is 19.2 Å². The molecule has 0 spiro atoms. The van der Waals surface area contributed by atoms with Gasteiger partial charge in [0.25, 0.3) is 5.91 Å². The summed E-state index contributed by atoms with van der Waals surface area (Å²) in [4.78, 5) is 69.3. The fourth-order valence-electron chi connectivity index (χ4n) is 5.57. The SMILES string of the molecule is CCOC(=O)c1ccc(N2C(=O)C3Sc4[nH]c(=O)sc4[C@H](c4ccc(OCC(=O)Nc5ccc(C)cc5)c(OC)c4)C3C2=O)cc1. The number of aromatic amines is 1. The molecule has 1 saturated heterocycles. The average molecular weight is 660 g/mol. The number of amides is 3. The van der Waals surface area contributed by atoms with Crippen LogP contribution >= 0.6 is 23.1 Å². The van der Waals surface area contributed by atoms with Crippen LogP contribution < -0.4 is 24.6 Å². The molecular weight excluding hydrogens is 631 g/mol. The standard InChI is InChI=1S/C33H29N3O8S2/c1-4-43-32(40)18-7-12-21(13-8-18)36-30(38)26-25(27-29(35-33(41)46-27)45-28(26)31(36)39)19-9-14-22(23(15-19)42-3)44-16-24(37)34-20-10-5-17(2)6-11-20/h5-15,25-26,28H,4,16H2,1-3H3,(H,34,37)(H,35,41)/t25-,26?,28?/m1/s1. The number of rotatable bonds is 9. The summed E-state index contributed by atoms with van der Waals surface area (Å²) >= 11 is 2.16. The summed E-state index contributed by atoms with van der Waals surface area (Å²) in [6.07, 6.45) is 0. The van der Waals surface area contributed by atoms with Crippen LogP contribution in [0.4, 0.5) is 11.4 Å². The molecule has 3 heterocycles. The van der Waals surface area contributed by atoms with Crippen LogP contribution in [-0.2, 0) is 19.1 Å². The number of aromatic nitrogens is 1. The Hall–Kier alpha value is -4.88. The van der Waals surface area contributed by atoms with Gasteiger partial charge in [-0.15, -0.1) is 0 Å². The van der Waals surface area contributed by atoms with Gasteiger partial charge in [0, 0.05) is 16.5 Å². The van der Waals surface area contributed by atoms with E-state index in [1.54, 1.807) is 49.4 Å². The van der Waals surface area contributed by atoms with E-state index >= 15 is 0 Å². The minimum absolute atomic E-state index is 0.221. The summed E-state index contributed by atoms with van der Waals surface area (Å²) in [5.41, 5.74) is 2.99. The van der Waals surface area contributed by atoms with Gasteiger partial charge in [0.05, 0.1) is 35.9 Å². The predicted molar refractivity (Wildman–Crippen MR) is 173 cm³/mol. The number of H-pyrrole nitrogens is 1. The Morgan fingerprint density at radius 1 is 0.957 bits per heavy atom. The molecule has 0 radical (unpaired) electrons. The molecule has 1 aromatic heterocycles. The van der Waals surface area contributed by atoms with Gasteiger partial charge in [-0.2, -0.15) is 0 Å². The Balaban J connectivity index is 1.27. The van der Waals surface area contributed by atoms with Gasteiger partial charge in [0.1, 0.15) is 5.25 Å². The zero-order valence-electron chi connectivity index (χ0n) is 25.0. The van der Waals surface area contributed by atoms with E-state index in [0.717, 1.165) is 21.8 Å². The Labute approximate surface area is 271 Å². The van der Waals surface area contributed by atoms with Crippen LogP contribution in [0.15, 0.2) is 76.6 Å². The first-order valence-electron chi connectivity index (χ1n) is 14.4. The summed E-state index contributed by atoms with van der Waals surface area (Å²) in [6, 6.07) is 18.6. The van der Waals surface area contributed by atoms with Crippen LogP contribution in [0.5, 0.6) is 11.5 Å². The molecule has 3 amide bonds. The molecule has 236 valence electrons. The van der Waals surface area contributed by atoms with Crippen molar-refractivity contribution < 1.29 is 33.4 Å². The minimum Gasteiger partial charge on any atom is -0.493 e. The van der Waals surface area contributed by atoms with Crippen molar-refractivity contribution >= 4 is 58.2 Å². The van der Waals surface area contributed by atoms with Crippen molar-refractivity contribution in [2.45, 2.75) is 30.0 Å². The van der Waals surface area contributed by atoms with E-state index in [9.17, 15) is 24.0 Å². The van der Waals surface area contributed by atoms with E-state index in [0.29, 0.717) is 43.9 Å². The molecule has 1 fully saturated rings. The number of ether oxygens (including phenoxy) is 3. The van der Waals surface area contributed by atoms with Crippen LogP contribution in [0, 0.1) is 12.8 Å². The lowest BCUT2D eigenvalue weighted by Gasteiger charge is -2.30. The zero-order valence-corrected chi connectivity index (χ0v) is 26.7. The first-order chi connectivity index (χ1) is 22.2. The summed E-state index contributed by atoms with van der Waals surface area (Å²) < 4.78 is 16.4. The fourth-order valence-corrected chi connectivity index (χ4v) is 8.08. The second-order valence-electron chi connectivity index (χ2n) is 10.6. The second kappa shape index (κ2) is 12.9. The number of imide groups is 1. The number of nitrogens with one attached hydrogen (secondary N) is 2. The maximum Gasteiger partial charge on any atom is 0.338 e. The van der Waals surface area contributed by atoms with Crippen molar-refractivity contribution in [3.63, 3.8) is 0 Å². The number of benzene rings is 3. The normalized spacial score (nSPS) is 18.5. The average Bonchev–Trinajstić information content (AvgIpc) is 3.55. The molecule has 2 unspecified atom stereocenters. The smallest absolute Gasteiger partial charge is 0.338 e. The van der Waals surface area contributed by atoms with Crippen LogP contribution in [0.2, 0.25) is 0 Å². The van der Waals surface area contributed by atoms with Gasteiger partial charge in [-0.1, -0.05) is 46.9 Å². The molecule has 4 aromatic rings. The number of hydrogen-bond acceptors (Lipinski definition) is 10. The molecule has 3 atom stereocenters. The summed E-state index contributed by atoms with van der Waals surface area (Å²) in [5, 5.41) is 2.52. The molecule has 2 aliphatic rings. The highest BCUT2D eigenvalue weighted by Gasteiger charge is 2.56. The number of fused-ring (bicyclic) bond motifs is 2. The van der Waals surface area contributed by atoms with Crippen molar-refractivity contribution in [1.82, 2.24) is 4.98 Å². The lowest BCUT2D eigenvalue weighted by molar-refractivity contribution is -0.122. The lowest BCUT2D eigenvalue weighted by atomic mass is 9.83. The minimum atomic E-state index is -0.821. The number of nitrogens with zero attached hydrogens (tertiary/aromatic N) is 1. The van der Waals surface area contributed by atoms with Gasteiger partial charge in [0.2, 0.25) is 11.8 Å². The number of hydrogen-bond donors (Lipinski definition) is 2. The molecule has 3 aromatic carbocycles. The van der Waals surface area contributed by atoms with Gasteiger partial charge in [-0.05, 0) is 67.9 Å². The highest BCUT2D eigenvalue weighted by Crippen LogP contribution is 2.53. The summed E-state index contributed by atoms with van der Waals surface area (Å²) in [7, 11) is 1.46. The number of aryl methyl sites for hydroxylation is 1. The second-order valence-corrected chi connectivity index (χ2v) is 12.8. The molecule has 0 bridgehead atoms. The molecule has 46 heavy (non-hydrogen) atoms. The van der Waals surface area contributed by atoms with E-state index < -0.39 is 34.9 Å². The number of carbonyl (C=O) groups excluding carboxylic acids is 4. The van der Waals surface area contributed by atoms with E-state index in [4.69, 9.17) is 14.2 Å². The highest BCUT2D eigenvalue weighted by atomic mass is 32.2. The van der Waals surface area contributed by atoms with Gasteiger partial charge >= 0.3 is 10.8 Å². The molecule has 11 nitrogen and oxygen atoms in total. The quantitative estimate of drug-likeness (QED) is 0.192. The predicted octanol–water partition coefficient (Wildman–Crippen LogP) is 4.74. The Morgan fingerprint density at radius 3 is 2.39 bits per heavy atom. The number of thioether (sulfide) groups is 1. The summed E-state index contributed by atoms with van der Waals surface area (Å²) in [6.45, 7) is 3.61. The Kier molecular flexibility index (Phi) is 8.69. The van der Waals surface area contributed by atoms with E-state index in [-0.39, 0.29) is 24.0 Å². The molecular formula is C33H29N3O8S2. The maximum absolute atomic E-state index is 14.1. The molecule has 6 rings (SSSR count). The third-order valence-electron chi connectivity index (χ3n) is 7.70. The summed E-state index contributed by atoms with van der Waals surface area (Å²) in [5.74, 6) is -2.52. The number of anilines is 2. The fraction of sp³-hybridized carbons (Fsp3) is 0.242. The van der Waals surface area contributed by atoms with Crippen molar-refractivity contribution in [2.24, 2.45) is 5.92 Å². The van der Waals surface area contributed by atoms with Gasteiger partial charge in [-0.25, -0.2) is 9.69 Å². The Morgan fingerprint density at radius 2 is 1.70 bits per heavy atom. The first-order valence-corrected chi connectivity index (χ1v) is 16.1. The largest absolute Gasteiger partial charge is 0.493 e. The third-order valence-corrected chi connectivity index (χ3v) is 10.1. The molecule has 2 aliphatic heterocycles. The molecule has 2 N–H and O–H groups in total. The van der Waals surface area contributed by atoms with Gasteiger partial charge in [0.15, 0.2) is 18.1 Å². The topological polar surface area (TPSA) is 144 Å². The first kappa shape index (κ1) is 31.1. The lowest BCUT2D eigenvalue weighted by Crippen LogP contribution is -2.32. The molecule has 13 heteroatoms. The van der Waals surface area contributed by atoms with E-state index in [1.807, 2.05) is 19.1 Å². The van der Waals surface area contributed by atoms with Crippen LogP contribution in [0.3, 0.4) is 0 Å². The van der Waals surface area contributed by atoms with Gasteiger partial charge < -0.3 is 24.5 Å². The van der Waals surface area contributed by atoms with Crippen molar-refractivity contribution in [3.8, 4) is 11.5 Å².